The number of benzene rings is 2. The summed E-state index contributed by atoms with van der Waals surface area (Å²) in [6.07, 6.45) is 1.40. The average Bonchev–Trinajstić information content (AvgIpc) is 2.70. The third kappa shape index (κ3) is 4.35. The minimum atomic E-state index is -0.550. The Morgan fingerprint density at radius 2 is 1.89 bits per heavy atom. The Hall–Kier alpha value is -2.83. The van der Waals surface area contributed by atoms with Crippen molar-refractivity contribution in [2.45, 2.75) is 20.0 Å². The fraction of sp³-hybridized carbons (Fsp3) is 0.238. The van der Waals surface area contributed by atoms with Crippen LogP contribution in [0.5, 0.6) is 5.75 Å². The molecule has 0 atom stereocenters. The van der Waals surface area contributed by atoms with Crippen LogP contribution in [0.25, 0.3) is 10.9 Å². The summed E-state index contributed by atoms with van der Waals surface area (Å²) in [5.41, 5.74) is 2.25. The summed E-state index contributed by atoms with van der Waals surface area (Å²) < 4.78 is 6.47. The molecule has 0 aliphatic carbocycles. The summed E-state index contributed by atoms with van der Waals surface area (Å²) in [7, 11) is 1.88. The van der Waals surface area contributed by atoms with E-state index in [2.05, 4.69) is 10.3 Å². The van der Waals surface area contributed by atoms with Crippen molar-refractivity contribution in [1.82, 2.24) is 14.7 Å². The van der Waals surface area contributed by atoms with Crippen LogP contribution in [0.4, 0.5) is 0 Å². The van der Waals surface area contributed by atoms with Crippen LogP contribution in [-0.4, -0.2) is 29.0 Å². The zero-order chi connectivity index (χ0) is 20.1. The van der Waals surface area contributed by atoms with E-state index in [0.29, 0.717) is 23.3 Å². The highest BCUT2D eigenvalue weighted by Crippen LogP contribution is 2.18. The average molecular weight is 400 g/mol. The normalized spacial score (nSPS) is 10.8. The SMILES string of the molecule is CCOc1ccc2[nH]cc(C(=O)N(Cl)Cc3ccc(CNC)cc3)c(=O)c2c1. The lowest BCUT2D eigenvalue weighted by molar-refractivity contribution is 0.0856. The Kier molecular flexibility index (Phi) is 6.34. The molecule has 0 unspecified atom stereocenters. The molecule has 2 aromatic carbocycles. The molecule has 0 bridgehead atoms. The van der Waals surface area contributed by atoms with E-state index in [0.717, 1.165) is 22.1 Å². The fourth-order valence-corrected chi connectivity index (χ4v) is 3.17. The van der Waals surface area contributed by atoms with Crippen LogP contribution < -0.4 is 15.5 Å². The van der Waals surface area contributed by atoms with Gasteiger partial charge in [0.05, 0.1) is 13.2 Å². The predicted octanol–water partition coefficient (Wildman–Crippen LogP) is 3.44. The number of aromatic nitrogens is 1. The van der Waals surface area contributed by atoms with Gasteiger partial charge in [-0.25, -0.2) is 4.42 Å². The van der Waals surface area contributed by atoms with Crippen LogP contribution in [-0.2, 0) is 13.1 Å². The molecule has 3 aromatic rings. The Morgan fingerprint density at radius 1 is 1.18 bits per heavy atom. The van der Waals surface area contributed by atoms with Crippen LogP contribution in [0.15, 0.2) is 53.5 Å². The van der Waals surface area contributed by atoms with E-state index in [-0.39, 0.29) is 17.5 Å². The van der Waals surface area contributed by atoms with Gasteiger partial charge in [-0.2, -0.15) is 0 Å². The largest absolute Gasteiger partial charge is 0.494 e. The molecule has 0 aliphatic heterocycles. The summed E-state index contributed by atoms with van der Waals surface area (Å²) in [4.78, 5) is 28.5. The van der Waals surface area contributed by atoms with Crippen molar-refractivity contribution < 1.29 is 9.53 Å². The Labute approximate surface area is 168 Å². The number of carbonyl (C=O) groups is 1. The van der Waals surface area contributed by atoms with E-state index in [1.807, 2.05) is 38.2 Å². The highest BCUT2D eigenvalue weighted by atomic mass is 35.5. The molecule has 7 heteroatoms. The lowest BCUT2D eigenvalue weighted by Gasteiger charge is -2.14. The fourth-order valence-electron chi connectivity index (χ4n) is 2.94. The maximum atomic E-state index is 12.8. The number of hydrogen-bond donors (Lipinski definition) is 2. The summed E-state index contributed by atoms with van der Waals surface area (Å²) >= 11 is 6.20. The summed E-state index contributed by atoms with van der Waals surface area (Å²) in [6.45, 7) is 3.31. The highest BCUT2D eigenvalue weighted by Gasteiger charge is 2.19. The summed E-state index contributed by atoms with van der Waals surface area (Å²) in [5, 5.41) is 3.47. The maximum Gasteiger partial charge on any atom is 0.274 e. The first kappa shape index (κ1) is 19.9. The zero-order valence-corrected chi connectivity index (χ0v) is 16.5. The molecule has 0 spiro atoms. The van der Waals surface area contributed by atoms with Gasteiger partial charge in [0, 0.05) is 35.4 Å². The number of carbonyl (C=O) groups excluding carboxylic acids is 1. The van der Waals surface area contributed by atoms with E-state index >= 15 is 0 Å². The molecule has 0 radical (unpaired) electrons. The third-order valence-electron chi connectivity index (χ3n) is 4.34. The quantitative estimate of drug-likeness (QED) is 0.597. The van der Waals surface area contributed by atoms with Crippen LogP contribution in [0, 0.1) is 0 Å². The van der Waals surface area contributed by atoms with Gasteiger partial charge in [0.2, 0.25) is 5.43 Å². The van der Waals surface area contributed by atoms with Gasteiger partial charge in [-0.1, -0.05) is 24.3 Å². The molecule has 6 nitrogen and oxygen atoms in total. The van der Waals surface area contributed by atoms with E-state index in [9.17, 15) is 9.59 Å². The lowest BCUT2D eigenvalue weighted by Crippen LogP contribution is -2.27. The number of pyridine rings is 1. The van der Waals surface area contributed by atoms with E-state index in [1.54, 1.807) is 18.2 Å². The van der Waals surface area contributed by atoms with Gasteiger partial charge in [-0.3, -0.25) is 9.59 Å². The van der Waals surface area contributed by atoms with Gasteiger partial charge in [0.1, 0.15) is 11.3 Å². The zero-order valence-electron chi connectivity index (χ0n) is 15.8. The number of nitrogens with zero attached hydrogens (tertiary/aromatic N) is 1. The third-order valence-corrected chi connectivity index (χ3v) is 4.61. The molecule has 0 saturated heterocycles. The van der Waals surface area contributed by atoms with E-state index < -0.39 is 5.91 Å². The lowest BCUT2D eigenvalue weighted by atomic mass is 10.1. The van der Waals surface area contributed by atoms with Crippen molar-refractivity contribution in [3.05, 3.63) is 75.6 Å². The second-order valence-electron chi connectivity index (χ2n) is 6.34. The molecule has 1 aromatic heterocycles. The maximum absolute atomic E-state index is 12.8. The molecule has 0 fully saturated rings. The molecule has 146 valence electrons. The Bertz CT molecular complexity index is 1030. The van der Waals surface area contributed by atoms with Gasteiger partial charge in [-0.05, 0) is 43.3 Å². The molecule has 1 heterocycles. The van der Waals surface area contributed by atoms with Crippen LogP contribution in [0.2, 0.25) is 0 Å². The minimum Gasteiger partial charge on any atom is -0.494 e. The number of fused-ring (bicyclic) bond motifs is 1. The van der Waals surface area contributed by atoms with Crippen molar-refractivity contribution >= 4 is 28.6 Å². The number of hydrogen-bond acceptors (Lipinski definition) is 4. The summed E-state index contributed by atoms with van der Waals surface area (Å²) in [6, 6.07) is 12.9. The van der Waals surface area contributed by atoms with Crippen LogP contribution >= 0.6 is 11.8 Å². The molecular weight excluding hydrogens is 378 g/mol. The Balaban J connectivity index is 1.83. The van der Waals surface area contributed by atoms with Crippen LogP contribution in [0.1, 0.15) is 28.4 Å². The molecule has 2 N–H and O–H groups in total. The first-order chi connectivity index (χ1) is 13.5. The topological polar surface area (TPSA) is 74.4 Å². The van der Waals surface area contributed by atoms with Gasteiger partial charge in [0.15, 0.2) is 0 Å². The smallest absolute Gasteiger partial charge is 0.274 e. The van der Waals surface area contributed by atoms with E-state index in [1.165, 1.54) is 6.20 Å². The van der Waals surface area contributed by atoms with Crippen molar-refractivity contribution in [3.8, 4) is 5.75 Å². The molecule has 1 amide bonds. The number of halogens is 1. The van der Waals surface area contributed by atoms with Gasteiger partial charge >= 0.3 is 0 Å². The molecular formula is C21H22ClN3O3. The number of rotatable bonds is 7. The summed E-state index contributed by atoms with van der Waals surface area (Å²) in [5.74, 6) is 0.0282. The predicted molar refractivity (Wildman–Crippen MR) is 111 cm³/mol. The minimum absolute atomic E-state index is 0.0112. The van der Waals surface area contributed by atoms with Crippen molar-refractivity contribution in [1.29, 1.82) is 0 Å². The van der Waals surface area contributed by atoms with Gasteiger partial charge in [0.25, 0.3) is 5.91 Å². The number of nitrogens with one attached hydrogen (secondary N) is 2. The van der Waals surface area contributed by atoms with Gasteiger partial charge in [-0.15, -0.1) is 0 Å². The Morgan fingerprint density at radius 3 is 2.57 bits per heavy atom. The molecule has 0 aliphatic rings. The molecule has 28 heavy (non-hydrogen) atoms. The van der Waals surface area contributed by atoms with Crippen molar-refractivity contribution in [2.75, 3.05) is 13.7 Å². The first-order valence-electron chi connectivity index (χ1n) is 9.01. The van der Waals surface area contributed by atoms with Gasteiger partial charge < -0.3 is 15.0 Å². The van der Waals surface area contributed by atoms with Crippen molar-refractivity contribution in [3.63, 3.8) is 0 Å². The molecule has 0 saturated carbocycles. The standard InChI is InChI=1S/C21H22ClN3O3/c1-3-28-16-8-9-19-17(10-16)20(26)18(12-24-19)21(27)25(22)13-15-6-4-14(5-7-15)11-23-2/h4-10,12,23H,3,11,13H2,1-2H3,(H,24,26). The number of amides is 1. The first-order valence-corrected chi connectivity index (χ1v) is 9.35. The number of H-pyrrole nitrogens is 1. The second-order valence-corrected chi connectivity index (χ2v) is 6.75. The van der Waals surface area contributed by atoms with Crippen molar-refractivity contribution in [2.24, 2.45) is 0 Å². The highest BCUT2D eigenvalue weighted by molar-refractivity contribution is 6.24. The number of ether oxygens (including phenoxy) is 1. The van der Waals surface area contributed by atoms with Crippen LogP contribution in [0.3, 0.4) is 0 Å². The number of aromatic amines is 1. The molecule has 3 rings (SSSR count). The monoisotopic (exact) mass is 399 g/mol. The second kappa shape index (κ2) is 8.91. The van der Waals surface area contributed by atoms with E-state index in [4.69, 9.17) is 16.5 Å².